The maximum absolute atomic E-state index is 12.1. The van der Waals surface area contributed by atoms with Crippen molar-refractivity contribution in [3.05, 3.63) is 47.8 Å². The lowest BCUT2D eigenvalue weighted by Gasteiger charge is -2.11. The first-order chi connectivity index (χ1) is 9.80. The van der Waals surface area contributed by atoms with Crippen LogP contribution < -0.4 is 16.2 Å². The maximum Gasteiger partial charge on any atom is 0.276 e. The molecule has 0 aliphatic carbocycles. The summed E-state index contributed by atoms with van der Waals surface area (Å²) in [7, 11) is -3.86. The third-order valence-electron chi connectivity index (χ3n) is 2.89. The zero-order valence-electron chi connectivity index (χ0n) is 11.2. The van der Waals surface area contributed by atoms with Crippen LogP contribution in [0.5, 0.6) is 0 Å². The van der Waals surface area contributed by atoms with Crippen molar-refractivity contribution in [2.24, 2.45) is 5.14 Å². The number of sulfonamides is 1. The van der Waals surface area contributed by atoms with E-state index < -0.39 is 15.9 Å². The van der Waals surface area contributed by atoms with Crippen molar-refractivity contribution in [2.45, 2.75) is 11.8 Å². The number of pyridine rings is 1. The lowest BCUT2D eigenvalue weighted by Crippen LogP contribution is -2.18. The van der Waals surface area contributed by atoms with Crippen molar-refractivity contribution >= 4 is 27.3 Å². The van der Waals surface area contributed by atoms with Crippen LogP contribution in [0.15, 0.2) is 41.4 Å². The van der Waals surface area contributed by atoms with E-state index in [9.17, 15) is 13.2 Å². The van der Waals surface area contributed by atoms with Crippen LogP contribution in [-0.4, -0.2) is 19.3 Å². The third-order valence-corrected chi connectivity index (χ3v) is 3.95. The second kappa shape index (κ2) is 5.51. The van der Waals surface area contributed by atoms with Gasteiger partial charge in [0.2, 0.25) is 10.0 Å². The van der Waals surface area contributed by atoms with E-state index in [-0.39, 0.29) is 16.3 Å². The fourth-order valence-electron chi connectivity index (χ4n) is 1.85. The molecule has 1 heterocycles. The van der Waals surface area contributed by atoms with E-state index in [0.29, 0.717) is 11.3 Å². The summed E-state index contributed by atoms with van der Waals surface area (Å²) in [5.41, 5.74) is 6.65. The van der Waals surface area contributed by atoms with Crippen molar-refractivity contribution < 1.29 is 13.2 Å². The van der Waals surface area contributed by atoms with E-state index in [1.807, 2.05) is 0 Å². The van der Waals surface area contributed by atoms with Crippen molar-refractivity contribution in [1.82, 2.24) is 4.98 Å². The van der Waals surface area contributed by atoms with Crippen molar-refractivity contribution in [1.29, 1.82) is 0 Å². The van der Waals surface area contributed by atoms with E-state index in [2.05, 4.69) is 10.3 Å². The molecule has 0 atom stereocenters. The SMILES string of the molecule is Cc1c(NC(=O)c2ncccc2N)cccc1S(N)(=O)=O. The Morgan fingerprint density at radius 3 is 2.57 bits per heavy atom. The van der Waals surface area contributed by atoms with Crippen LogP contribution in [0.3, 0.4) is 0 Å². The number of anilines is 2. The maximum atomic E-state index is 12.1. The van der Waals surface area contributed by atoms with E-state index in [1.54, 1.807) is 25.1 Å². The molecule has 0 aliphatic heterocycles. The van der Waals surface area contributed by atoms with Gasteiger partial charge in [-0.2, -0.15) is 0 Å². The Labute approximate surface area is 122 Å². The summed E-state index contributed by atoms with van der Waals surface area (Å²) in [6.45, 7) is 1.55. The molecule has 0 spiro atoms. The first-order valence-corrected chi connectivity index (χ1v) is 7.49. The summed E-state index contributed by atoms with van der Waals surface area (Å²) >= 11 is 0. The number of nitrogens with zero attached hydrogens (tertiary/aromatic N) is 1. The predicted octanol–water partition coefficient (Wildman–Crippen LogP) is 0.872. The molecule has 2 rings (SSSR count). The predicted molar refractivity (Wildman–Crippen MR) is 79.2 cm³/mol. The van der Waals surface area contributed by atoms with Crippen LogP contribution in [0.25, 0.3) is 0 Å². The monoisotopic (exact) mass is 306 g/mol. The minimum absolute atomic E-state index is 0.0470. The molecule has 1 amide bonds. The number of nitrogens with two attached hydrogens (primary N) is 2. The third kappa shape index (κ3) is 3.18. The van der Waals surface area contributed by atoms with Crippen LogP contribution in [0.2, 0.25) is 0 Å². The second-order valence-electron chi connectivity index (χ2n) is 4.37. The summed E-state index contributed by atoms with van der Waals surface area (Å²) < 4.78 is 22.9. The normalized spacial score (nSPS) is 11.1. The molecule has 0 bridgehead atoms. The zero-order chi connectivity index (χ0) is 15.6. The number of hydrogen-bond acceptors (Lipinski definition) is 5. The number of nitrogens with one attached hydrogen (secondary N) is 1. The Morgan fingerprint density at radius 2 is 1.95 bits per heavy atom. The minimum Gasteiger partial charge on any atom is -0.397 e. The van der Waals surface area contributed by atoms with Gasteiger partial charge in [-0.15, -0.1) is 0 Å². The Hall–Kier alpha value is -2.45. The van der Waals surface area contributed by atoms with Gasteiger partial charge in [0.25, 0.3) is 5.91 Å². The van der Waals surface area contributed by atoms with Gasteiger partial charge in [0.15, 0.2) is 5.69 Å². The van der Waals surface area contributed by atoms with Gasteiger partial charge in [-0.25, -0.2) is 18.5 Å². The Morgan fingerprint density at radius 1 is 1.24 bits per heavy atom. The number of nitrogen functional groups attached to an aromatic ring is 1. The molecule has 0 radical (unpaired) electrons. The molecule has 1 aromatic carbocycles. The molecule has 21 heavy (non-hydrogen) atoms. The molecule has 0 unspecified atom stereocenters. The van der Waals surface area contributed by atoms with E-state index in [0.717, 1.165) is 0 Å². The summed E-state index contributed by atoms with van der Waals surface area (Å²) in [6, 6.07) is 7.59. The van der Waals surface area contributed by atoms with E-state index in [4.69, 9.17) is 10.9 Å². The highest BCUT2D eigenvalue weighted by Gasteiger charge is 2.17. The van der Waals surface area contributed by atoms with E-state index >= 15 is 0 Å². The van der Waals surface area contributed by atoms with Crippen molar-refractivity contribution in [3.8, 4) is 0 Å². The summed E-state index contributed by atoms with van der Waals surface area (Å²) in [5, 5.41) is 7.70. The first kappa shape index (κ1) is 14.9. The fourth-order valence-corrected chi connectivity index (χ4v) is 2.65. The summed E-state index contributed by atoms with van der Waals surface area (Å²) in [5.74, 6) is -0.525. The molecule has 0 fully saturated rings. The van der Waals surface area contributed by atoms with Gasteiger partial charge in [0, 0.05) is 11.9 Å². The van der Waals surface area contributed by atoms with Crippen molar-refractivity contribution in [2.75, 3.05) is 11.1 Å². The highest BCUT2D eigenvalue weighted by atomic mass is 32.2. The number of amides is 1. The van der Waals surface area contributed by atoms with Crippen LogP contribution in [0, 0.1) is 6.92 Å². The van der Waals surface area contributed by atoms with Crippen LogP contribution in [-0.2, 0) is 10.0 Å². The van der Waals surface area contributed by atoms with Crippen LogP contribution in [0.1, 0.15) is 16.1 Å². The molecule has 7 nitrogen and oxygen atoms in total. The molecule has 8 heteroatoms. The fraction of sp³-hybridized carbons (Fsp3) is 0.0769. The van der Waals surface area contributed by atoms with Gasteiger partial charge in [-0.05, 0) is 36.8 Å². The standard InChI is InChI=1S/C13H14N4O3S/c1-8-10(5-2-6-11(8)21(15,19)20)17-13(18)12-9(14)4-3-7-16-12/h2-7H,14H2,1H3,(H,17,18)(H2,15,19,20). The number of aromatic nitrogens is 1. The smallest absolute Gasteiger partial charge is 0.276 e. The van der Waals surface area contributed by atoms with Gasteiger partial charge in [0.05, 0.1) is 10.6 Å². The second-order valence-corrected chi connectivity index (χ2v) is 5.90. The number of primary sulfonamides is 1. The van der Waals surface area contributed by atoms with Gasteiger partial charge in [-0.1, -0.05) is 6.07 Å². The molecule has 5 N–H and O–H groups in total. The van der Waals surface area contributed by atoms with Crippen LogP contribution in [0.4, 0.5) is 11.4 Å². The molecule has 110 valence electrons. The largest absolute Gasteiger partial charge is 0.397 e. The van der Waals surface area contributed by atoms with Gasteiger partial charge >= 0.3 is 0 Å². The number of benzene rings is 1. The average molecular weight is 306 g/mol. The Bertz CT molecular complexity index is 803. The lowest BCUT2D eigenvalue weighted by atomic mass is 10.2. The topological polar surface area (TPSA) is 128 Å². The molecule has 1 aromatic heterocycles. The molecule has 2 aromatic rings. The first-order valence-electron chi connectivity index (χ1n) is 5.95. The molecule has 0 saturated carbocycles. The molecular weight excluding hydrogens is 292 g/mol. The van der Waals surface area contributed by atoms with Gasteiger partial charge in [-0.3, -0.25) is 4.79 Å². The number of hydrogen-bond donors (Lipinski definition) is 3. The van der Waals surface area contributed by atoms with Gasteiger partial charge < -0.3 is 11.1 Å². The Kier molecular flexibility index (Phi) is 3.92. The zero-order valence-corrected chi connectivity index (χ0v) is 12.0. The lowest BCUT2D eigenvalue weighted by molar-refractivity contribution is 0.102. The van der Waals surface area contributed by atoms with Crippen LogP contribution >= 0.6 is 0 Å². The molecule has 0 aliphatic rings. The Balaban J connectivity index is 2.37. The van der Waals surface area contributed by atoms with E-state index in [1.165, 1.54) is 18.3 Å². The highest BCUT2D eigenvalue weighted by molar-refractivity contribution is 7.89. The number of rotatable bonds is 3. The number of carbonyl (C=O) groups is 1. The highest BCUT2D eigenvalue weighted by Crippen LogP contribution is 2.22. The quantitative estimate of drug-likeness (QED) is 0.775. The minimum atomic E-state index is -3.86. The summed E-state index contributed by atoms with van der Waals surface area (Å²) in [6.07, 6.45) is 1.44. The molecular formula is C13H14N4O3S. The van der Waals surface area contributed by atoms with Crippen molar-refractivity contribution in [3.63, 3.8) is 0 Å². The number of carbonyl (C=O) groups excluding carboxylic acids is 1. The average Bonchev–Trinajstić information content (AvgIpc) is 2.40. The van der Waals surface area contributed by atoms with Gasteiger partial charge in [0.1, 0.15) is 0 Å². The molecule has 0 saturated heterocycles. The summed E-state index contributed by atoms with van der Waals surface area (Å²) in [4.78, 5) is 16.0.